The highest BCUT2D eigenvalue weighted by molar-refractivity contribution is 7.99. The lowest BCUT2D eigenvalue weighted by Crippen LogP contribution is -2.31. The van der Waals surface area contributed by atoms with Crippen molar-refractivity contribution in [3.05, 3.63) is 201 Å². The molecule has 6 aromatic carbocycles. The van der Waals surface area contributed by atoms with E-state index < -0.39 is 33.6 Å². The number of hydrogen-bond acceptors (Lipinski definition) is 10. The molecule has 2 heterocycles. The van der Waals surface area contributed by atoms with E-state index in [0.717, 1.165) is 112 Å². The van der Waals surface area contributed by atoms with Crippen LogP contribution in [0.4, 0.5) is 10.5 Å². The van der Waals surface area contributed by atoms with Gasteiger partial charge in [0.2, 0.25) is 0 Å². The number of aryl methyl sites for hydroxylation is 3. The van der Waals surface area contributed by atoms with E-state index in [9.17, 15) is 33.0 Å². The molecule has 0 saturated heterocycles. The number of thioether (sulfide) groups is 1. The smallest absolute Gasteiger partial charge is 0.411 e. The molecule has 2 amide bonds. The normalized spacial score (nSPS) is 14.5. The summed E-state index contributed by atoms with van der Waals surface area (Å²) in [6.07, 6.45) is 14.0. The molecule has 1 atom stereocenters. The molecule has 8 aromatic rings. The molecule has 2 saturated carbocycles. The summed E-state index contributed by atoms with van der Waals surface area (Å²) in [6.45, 7) is 5.33. The number of aliphatic carboxylic acids is 1. The monoisotopic (exact) mass is 1160 g/mol. The quantitative estimate of drug-likeness (QED) is 0.0569. The average molecular weight is 1160 g/mol. The summed E-state index contributed by atoms with van der Waals surface area (Å²) in [4.78, 5) is 41.6. The average Bonchev–Trinajstić information content (AvgIpc) is 3.89. The van der Waals surface area contributed by atoms with Crippen molar-refractivity contribution >= 4 is 91.0 Å². The minimum absolute atomic E-state index is 0.0221. The number of hydrogen-bond donors (Lipinski definition) is 4. The maximum Gasteiger partial charge on any atom is 0.411 e. The Morgan fingerprint density at radius 2 is 1.63 bits per heavy atom. The molecule has 0 aliphatic heterocycles. The number of benzene rings is 6. The maximum atomic E-state index is 12.9. The largest absolute Gasteiger partial charge is 0.496 e. The summed E-state index contributed by atoms with van der Waals surface area (Å²) in [7, 11) is -0.583. The number of pyridine rings is 1. The number of halogens is 1. The summed E-state index contributed by atoms with van der Waals surface area (Å²) in [5, 5.41) is 25.9. The Hall–Kier alpha value is -7.43. The van der Waals surface area contributed by atoms with Crippen LogP contribution in [0.25, 0.3) is 34.0 Å². The van der Waals surface area contributed by atoms with E-state index in [1.165, 1.54) is 24.8 Å². The van der Waals surface area contributed by atoms with Gasteiger partial charge in [0, 0.05) is 63.2 Å². The van der Waals surface area contributed by atoms with Gasteiger partial charge in [0.1, 0.15) is 11.9 Å². The molecule has 2 aliphatic rings. The molecule has 2 aliphatic carbocycles. The highest BCUT2D eigenvalue weighted by Gasteiger charge is 2.44. The number of nitrogens with zero attached hydrogens (tertiary/aromatic N) is 2. The Morgan fingerprint density at radius 1 is 0.878 bits per heavy atom. The van der Waals surface area contributed by atoms with Crippen LogP contribution in [-0.4, -0.2) is 65.1 Å². The number of anilines is 1. The summed E-state index contributed by atoms with van der Waals surface area (Å²) in [5.74, 6) is -0.169. The van der Waals surface area contributed by atoms with E-state index in [-0.39, 0.29) is 33.6 Å². The van der Waals surface area contributed by atoms with Gasteiger partial charge in [0.05, 0.1) is 35.2 Å². The first-order valence-electron chi connectivity index (χ1n) is 27.6. The molecule has 0 unspecified atom stereocenters. The van der Waals surface area contributed by atoms with Crippen LogP contribution in [0.3, 0.4) is 0 Å². The van der Waals surface area contributed by atoms with Gasteiger partial charge in [-0.15, -0.1) is 0 Å². The molecule has 16 heteroatoms. The van der Waals surface area contributed by atoms with Crippen molar-refractivity contribution in [2.45, 2.75) is 107 Å². The van der Waals surface area contributed by atoms with Crippen LogP contribution in [0.15, 0.2) is 151 Å². The van der Waals surface area contributed by atoms with Crippen LogP contribution in [0, 0.1) is 12.3 Å². The van der Waals surface area contributed by atoms with E-state index in [4.69, 9.17) is 26.1 Å². The number of amides is 2. The number of sulfonamides is 1. The highest BCUT2D eigenvalue weighted by Crippen LogP contribution is 2.53. The topological polar surface area (TPSA) is 186 Å². The number of rotatable bonds is 20. The van der Waals surface area contributed by atoms with Gasteiger partial charge in [-0.1, -0.05) is 103 Å². The number of fused-ring (bicyclic) bond motifs is 2. The number of ether oxygens (including phenoxy) is 2. The third kappa shape index (κ3) is 15.2. The molecule has 426 valence electrons. The number of aliphatic hydroxyl groups is 1. The van der Waals surface area contributed by atoms with Gasteiger partial charge in [-0.25, -0.2) is 22.9 Å². The molecule has 10 rings (SSSR count). The summed E-state index contributed by atoms with van der Waals surface area (Å²) in [5.41, 5.74) is 9.30. The molecule has 2 aromatic heterocycles. The van der Waals surface area contributed by atoms with Gasteiger partial charge in [0.25, 0.3) is 15.9 Å². The van der Waals surface area contributed by atoms with Crippen molar-refractivity contribution in [3.63, 3.8) is 0 Å². The zero-order valence-corrected chi connectivity index (χ0v) is 49.2. The zero-order valence-electron chi connectivity index (χ0n) is 46.8. The summed E-state index contributed by atoms with van der Waals surface area (Å²) in [6, 6.07) is 43.5. The van der Waals surface area contributed by atoms with Crippen LogP contribution in [0.5, 0.6) is 5.75 Å². The molecule has 0 spiro atoms. The zero-order chi connectivity index (χ0) is 58.2. The summed E-state index contributed by atoms with van der Waals surface area (Å²) < 4.78 is 40.9. The van der Waals surface area contributed by atoms with Crippen molar-refractivity contribution in [1.29, 1.82) is 0 Å². The van der Waals surface area contributed by atoms with Crippen molar-refractivity contribution in [1.82, 2.24) is 14.3 Å². The first-order valence-corrected chi connectivity index (χ1v) is 30.5. The lowest BCUT2D eigenvalue weighted by atomic mass is 9.90. The van der Waals surface area contributed by atoms with Crippen LogP contribution in [0.1, 0.15) is 125 Å². The number of carbonyl (C=O) groups excluding carboxylic acids is 2. The second-order valence-electron chi connectivity index (χ2n) is 22.0. The lowest BCUT2D eigenvalue weighted by molar-refractivity contribution is -0.138. The number of methoxy groups -OCH3 is 1. The standard InChI is InChI=1S/C35H36ClNO3S.C31H33N3O6S/c1-34(2,40)30-9-4-3-7-25(30)13-17-32(41-23-35(18-19-35)22-33(38)39)27-8-5-6-24(20-27)10-15-29-16-12-26-11-14-28(36)21-31(26)37-29;1-20-8-4-7-11-29(20)41(37,38)33-30(35)22-13-12-21(28(17-22)39-3)16-23-19-34(2)27-15-14-24(18-26(23)27)32-31(36)40-25-9-5-6-10-25/h3-12,14-16,20-21,32,40H,13,17-19,22-23H2,1-2H3,(H,38,39);4,7-8,11-15,17-19,25H,5-6,9-10,16H2,1-3H3,(H,32,36)(H,33,35)/b15-10+;/t32-;/m1./s1. The van der Waals surface area contributed by atoms with E-state index in [1.54, 1.807) is 37.3 Å². The second-order valence-corrected chi connectivity index (χ2v) is 25.3. The lowest BCUT2D eigenvalue weighted by Gasteiger charge is -2.24. The van der Waals surface area contributed by atoms with Gasteiger partial charge < -0.3 is 24.3 Å². The molecular formula is C66H69ClN4O9S2. The van der Waals surface area contributed by atoms with E-state index >= 15 is 0 Å². The number of nitrogens with one attached hydrogen (secondary N) is 2. The third-order valence-electron chi connectivity index (χ3n) is 15.3. The molecule has 0 radical (unpaired) electrons. The molecule has 0 bridgehead atoms. The Kier molecular flexibility index (Phi) is 18.6. The Balaban J connectivity index is 0.000000198. The van der Waals surface area contributed by atoms with Crippen molar-refractivity contribution in [2.24, 2.45) is 12.5 Å². The fourth-order valence-corrected chi connectivity index (χ4v) is 13.6. The number of carbonyl (C=O) groups is 3. The Labute approximate surface area is 489 Å². The van der Waals surface area contributed by atoms with Crippen molar-refractivity contribution in [3.8, 4) is 5.75 Å². The minimum Gasteiger partial charge on any atom is -0.496 e. The molecule has 13 nitrogen and oxygen atoms in total. The van der Waals surface area contributed by atoms with Gasteiger partial charge in [-0.3, -0.25) is 14.9 Å². The van der Waals surface area contributed by atoms with Crippen molar-refractivity contribution < 1.29 is 42.5 Å². The first kappa shape index (κ1) is 59.2. The Morgan fingerprint density at radius 3 is 2.38 bits per heavy atom. The number of carboxylic acid groups (broad SMARTS) is 1. The van der Waals surface area contributed by atoms with E-state index in [2.05, 4.69) is 52.5 Å². The van der Waals surface area contributed by atoms with Gasteiger partial charge in [-0.2, -0.15) is 11.8 Å². The second kappa shape index (κ2) is 25.8. The molecular weight excluding hydrogens is 1090 g/mol. The number of carboxylic acids is 1. The van der Waals surface area contributed by atoms with Crippen LogP contribution in [-0.2, 0) is 45.0 Å². The SMILES string of the molecule is CC(C)(O)c1ccccc1CC[C@@H](SCC1(CC(=O)O)CC1)c1cccc(/C=C/c2ccc3ccc(Cl)cc3n2)c1.COc1cc(C(=O)NS(=O)(=O)c2ccccc2C)ccc1Cc1cn(C)c2ccc(NC(=O)OC3CCCC3)cc12. The van der Waals surface area contributed by atoms with E-state index in [1.807, 2.05) is 110 Å². The molecule has 2 fully saturated rings. The van der Waals surface area contributed by atoms with Gasteiger partial charge in [0.15, 0.2) is 0 Å². The third-order valence-corrected chi connectivity index (χ3v) is 18.7. The minimum atomic E-state index is -4.04. The van der Waals surface area contributed by atoms with Crippen LogP contribution < -0.4 is 14.8 Å². The predicted octanol–water partition coefficient (Wildman–Crippen LogP) is 14.6. The van der Waals surface area contributed by atoms with Crippen LogP contribution in [0.2, 0.25) is 5.02 Å². The first-order chi connectivity index (χ1) is 39.2. The predicted molar refractivity (Wildman–Crippen MR) is 328 cm³/mol. The molecule has 82 heavy (non-hydrogen) atoms. The van der Waals surface area contributed by atoms with Crippen LogP contribution >= 0.6 is 23.4 Å². The Bertz CT molecular complexity index is 3790. The maximum absolute atomic E-state index is 12.9. The van der Waals surface area contributed by atoms with Crippen molar-refractivity contribution in [2.75, 3.05) is 18.2 Å². The summed E-state index contributed by atoms with van der Waals surface area (Å²) >= 11 is 8.04. The van der Waals surface area contributed by atoms with Gasteiger partial charge >= 0.3 is 12.1 Å². The molecule has 4 N–H and O–H groups in total. The fourth-order valence-electron chi connectivity index (χ4n) is 10.7. The number of aromatic nitrogens is 2. The fraction of sp³-hybridized carbons (Fsp3) is 0.303. The van der Waals surface area contributed by atoms with Gasteiger partial charge in [-0.05, 0) is 177 Å². The van der Waals surface area contributed by atoms with E-state index in [0.29, 0.717) is 28.4 Å². The highest BCUT2D eigenvalue weighted by atomic mass is 35.5.